The summed E-state index contributed by atoms with van der Waals surface area (Å²) in [6.45, 7) is 4.19. The molecule has 2 aliphatic heterocycles. The van der Waals surface area contributed by atoms with Crippen molar-refractivity contribution in [3.63, 3.8) is 0 Å². The Kier molecular flexibility index (Phi) is 5.32. The number of pyridine rings is 1. The summed E-state index contributed by atoms with van der Waals surface area (Å²) in [5, 5.41) is 5.14. The average molecular weight is 460 g/mol. The van der Waals surface area contributed by atoms with Crippen molar-refractivity contribution >= 4 is 43.7 Å². The molecule has 0 aliphatic carbocycles. The maximum Gasteiger partial charge on any atom is 0.147 e. The molecule has 31 heavy (non-hydrogen) atoms. The van der Waals surface area contributed by atoms with Gasteiger partial charge in [0.1, 0.15) is 9.84 Å². The second-order valence-corrected chi connectivity index (χ2v) is 11.2. The average Bonchev–Trinajstić information content (AvgIpc) is 3.18. The highest BCUT2D eigenvalue weighted by atomic mass is 35.5. The van der Waals surface area contributed by atoms with Crippen LogP contribution in [0.4, 0.5) is 11.4 Å². The molecule has 4 heterocycles. The molecular formula is C22H26ClN5O2S. The zero-order chi connectivity index (χ0) is 21.6. The van der Waals surface area contributed by atoms with E-state index in [-0.39, 0.29) is 5.75 Å². The van der Waals surface area contributed by atoms with E-state index < -0.39 is 9.84 Å². The Labute approximate surface area is 187 Å². The van der Waals surface area contributed by atoms with Crippen molar-refractivity contribution in [1.82, 2.24) is 14.9 Å². The van der Waals surface area contributed by atoms with E-state index in [0.717, 1.165) is 48.6 Å². The van der Waals surface area contributed by atoms with Gasteiger partial charge in [0.2, 0.25) is 0 Å². The second-order valence-electron chi connectivity index (χ2n) is 8.46. The fourth-order valence-corrected chi connectivity index (χ4v) is 5.35. The van der Waals surface area contributed by atoms with Gasteiger partial charge < -0.3 is 19.7 Å². The van der Waals surface area contributed by atoms with Crippen LogP contribution in [0.1, 0.15) is 12.1 Å². The highest BCUT2D eigenvalue weighted by Gasteiger charge is 2.34. The van der Waals surface area contributed by atoms with E-state index in [0.29, 0.717) is 24.0 Å². The number of hydrogen-bond donors (Lipinski definition) is 1. The summed E-state index contributed by atoms with van der Waals surface area (Å²) in [7, 11) is -2.99. The maximum atomic E-state index is 11.7. The van der Waals surface area contributed by atoms with Crippen LogP contribution in [0.25, 0.3) is 10.9 Å². The molecule has 3 aromatic rings. The molecule has 7 nitrogen and oxygen atoms in total. The van der Waals surface area contributed by atoms with E-state index in [1.54, 1.807) is 0 Å². The SMILES string of the molecule is CS(=O)(=O)CCCn1c(CN2CN(C3CNC3)c3ccncc32)cc2cc(Cl)ccc21. The number of aryl methyl sites for hydroxylation is 1. The summed E-state index contributed by atoms with van der Waals surface area (Å²) in [4.78, 5) is 9.16. The standard InChI is InChI=1S/C22H26ClN5O2S/c1-31(29,30)8-2-7-27-18(10-16-9-17(23)3-4-20(16)27)14-26-15-28(19-11-25-12-19)21-5-6-24-13-22(21)26/h3-6,9-10,13,19,25H,2,7-8,11-12,14-15H2,1H3. The molecule has 1 aromatic carbocycles. The predicted octanol–water partition coefficient (Wildman–Crippen LogP) is 2.88. The summed E-state index contributed by atoms with van der Waals surface area (Å²) in [5.74, 6) is 0.179. The molecule has 0 radical (unpaired) electrons. The van der Waals surface area contributed by atoms with Crippen LogP contribution in [-0.4, -0.2) is 55.8 Å². The van der Waals surface area contributed by atoms with Crippen molar-refractivity contribution in [1.29, 1.82) is 0 Å². The Bertz CT molecular complexity index is 1220. The van der Waals surface area contributed by atoms with Crippen LogP contribution in [0.2, 0.25) is 5.02 Å². The number of halogens is 1. The molecule has 0 bridgehead atoms. The van der Waals surface area contributed by atoms with Crippen LogP contribution in [-0.2, 0) is 22.9 Å². The van der Waals surface area contributed by atoms with E-state index in [9.17, 15) is 8.42 Å². The zero-order valence-electron chi connectivity index (χ0n) is 17.5. The number of fused-ring (bicyclic) bond motifs is 2. The Hall–Kier alpha value is -2.29. The maximum absolute atomic E-state index is 11.7. The highest BCUT2D eigenvalue weighted by Crippen LogP contribution is 2.38. The first-order valence-corrected chi connectivity index (χ1v) is 12.9. The first kappa shape index (κ1) is 20.6. The van der Waals surface area contributed by atoms with Gasteiger partial charge in [-0.2, -0.15) is 0 Å². The Morgan fingerprint density at radius 1 is 1.19 bits per heavy atom. The first-order chi connectivity index (χ1) is 14.9. The molecule has 0 atom stereocenters. The van der Waals surface area contributed by atoms with Crippen molar-refractivity contribution in [3.8, 4) is 0 Å². The van der Waals surface area contributed by atoms with Crippen molar-refractivity contribution in [2.24, 2.45) is 0 Å². The largest absolute Gasteiger partial charge is 0.346 e. The van der Waals surface area contributed by atoms with Gasteiger partial charge in [-0.15, -0.1) is 0 Å². The van der Waals surface area contributed by atoms with Crippen molar-refractivity contribution in [2.45, 2.75) is 25.6 Å². The molecular weight excluding hydrogens is 434 g/mol. The molecule has 2 aliphatic rings. The summed E-state index contributed by atoms with van der Waals surface area (Å²) in [6, 6.07) is 10.7. The van der Waals surface area contributed by atoms with Crippen molar-refractivity contribution in [3.05, 3.63) is 53.4 Å². The summed E-state index contributed by atoms with van der Waals surface area (Å²) >= 11 is 6.24. The Balaban J connectivity index is 1.46. The number of sulfone groups is 1. The van der Waals surface area contributed by atoms with Crippen LogP contribution in [0.5, 0.6) is 0 Å². The van der Waals surface area contributed by atoms with E-state index in [1.807, 2.05) is 30.6 Å². The third-order valence-electron chi connectivity index (χ3n) is 6.15. The van der Waals surface area contributed by atoms with Gasteiger partial charge in [-0.25, -0.2) is 8.42 Å². The summed E-state index contributed by atoms with van der Waals surface area (Å²) in [6.07, 6.45) is 5.66. The molecule has 1 fully saturated rings. The minimum absolute atomic E-state index is 0.179. The number of benzene rings is 1. The smallest absolute Gasteiger partial charge is 0.147 e. The molecule has 5 rings (SSSR count). The van der Waals surface area contributed by atoms with Crippen molar-refractivity contribution < 1.29 is 8.42 Å². The number of anilines is 2. The van der Waals surface area contributed by atoms with Gasteiger partial charge in [-0.3, -0.25) is 4.98 Å². The monoisotopic (exact) mass is 459 g/mol. The van der Waals surface area contributed by atoms with Crippen LogP contribution in [0.3, 0.4) is 0 Å². The number of hydrogen-bond acceptors (Lipinski definition) is 6. The van der Waals surface area contributed by atoms with Crippen LogP contribution in [0.15, 0.2) is 42.7 Å². The molecule has 2 aromatic heterocycles. The van der Waals surface area contributed by atoms with Crippen LogP contribution < -0.4 is 15.1 Å². The lowest BCUT2D eigenvalue weighted by Crippen LogP contribution is -2.57. The summed E-state index contributed by atoms with van der Waals surface area (Å²) < 4.78 is 25.5. The minimum Gasteiger partial charge on any atom is -0.346 e. The molecule has 0 saturated carbocycles. The second kappa shape index (κ2) is 8.00. The minimum atomic E-state index is -2.99. The normalized spacial score (nSPS) is 16.7. The van der Waals surface area contributed by atoms with Gasteiger partial charge in [0.05, 0.1) is 42.6 Å². The Morgan fingerprint density at radius 2 is 2.03 bits per heavy atom. The van der Waals surface area contributed by atoms with Gasteiger partial charge in [0.25, 0.3) is 0 Å². The zero-order valence-corrected chi connectivity index (χ0v) is 19.0. The van der Waals surface area contributed by atoms with Gasteiger partial charge in [-0.1, -0.05) is 11.6 Å². The van der Waals surface area contributed by atoms with E-state index in [4.69, 9.17) is 11.6 Å². The van der Waals surface area contributed by atoms with E-state index >= 15 is 0 Å². The Morgan fingerprint density at radius 3 is 2.77 bits per heavy atom. The molecule has 1 N–H and O–H groups in total. The van der Waals surface area contributed by atoms with Crippen molar-refractivity contribution in [2.75, 3.05) is 41.6 Å². The van der Waals surface area contributed by atoms with Gasteiger partial charge in [-0.05, 0) is 36.8 Å². The first-order valence-electron chi connectivity index (χ1n) is 10.5. The fraction of sp³-hybridized carbons (Fsp3) is 0.409. The van der Waals surface area contributed by atoms with Crippen LogP contribution in [0, 0.1) is 0 Å². The van der Waals surface area contributed by atoms with E-state index in [2.05, 4.69) is 36.8 Å². The quantitative estimate of drug-likeness (QED) is 0.585. The van der Waals surface area contributed by atoms with E-state index in [1.165, 1.54) is 11.9 Å². The fourth-order valence-electron chi connectivity index (χ4n) is 4.52. The lowest BCUT2D eigenvalue weighted by molar-refractivity contribution is 0.417. The number of nitrogens with one attached hydrogen (secondary N) is 1. The molecule has 1 saturated heterocycles. The number of aromatic nitrogens is 2. The lowest BCUT2D eigenvalue weighted by atomic mass is 10.1. The van der Waals surface area contributed by atoms with Crippen LogP contribution >= 0.6 is 11.6 Å². The van der Waals surface area contributed by atoms with Gasteiger partial charge >= 0.3 is 0 Å². The molecule has 0 spiro atoms. The molecule has 164 valence electrons. The third kappa shape index (κ3) is 4.12. The highest BCUT2D eigenvalue weighted by molar-refractivity contribution is 7.90. The third-order valence-corrected chi connectivity index (χ3v) is 7.42. The topological polar surface area (TPSA) is 70.5 Å². The van der Waals surface area contributed by atoms with Gasteiger partial charge in [0.15, 0.2) is 0 Å². The molecule has 9 heteroatoms. The lowest BCUT2D eigenvalue weighted by Gasteiger charge is -2.37. The molecule has 0 amide bonds. The number of nitrogens with zero attached hydrogens (tertiary/aromatic N) is 4. The number of rotatable bonds is 7. The predicted molar refractivity (Wildman–Crippen MR) is 126 cm³/mol. The van der Waals surface area contributed by atoms with Gasteiger partial charge in [0, 0.05) is 53.7 Å². The summed E-state index contributed by atoms with van der Waals surface area (Å²) in [5.41, 5.74) is 4.59. The molecule has 0 unspecified atom stereocenters.